The molecule has 0 spiro atoms. The molecule has 0 saturated heterocycles. The molecule has 0 saturated carbocycles. The van der Waals surface area contributed by atoms with Gasteiger partial charge in [0.15, 0.2) is 0 Å². The minimum Gasteiger partial charge on any atom is -0.394 e. The largest absolute Gasteiger partial charge is 0.394 e. The smallest absolute Gasteiger partial charge is 0.240 e. The lowest BCUT2D eigenvalue weighted by molar-refractivity contribution is 0.0833. The molecule has 0 bridgehead atoms. The van der Waals surface area contributed by atoms with E-state index >= 15 is 0 Å². The Kier molecular flexibility index (Phi) is 6.11. The molecule has 1 aromatic carbocycles. The maximum atomic E-state index is 12.0. The third-order valence-electron chi connectivity index (χ3n) is 2.87. The zero-order chi connectivity index (χ0) is 16.1. The molecule has 0 atom stereocenters. The quantitative estimate of drug-likeness (QED) is 0.441. The summed E-state index contributed by atoms with van der Waals surface area (Å²) in [5.74, 6) is 0. The molecule has 0 radical (unpaired) electrons. The minimum absolute atomic E-state index is 0.115. The van der Waals surface area contributed by atoms with E-state index in [1.807, 2.05) is 0 Å². The summed E-state index contributed by atoms with van der Waals surface area (Å²) in [6.45, 7) is 2.07. The molecule has 8 heteroatoms. The van der Waals surface area contributed by atoms with E-state index in [-0.39, 0.29) is 10.9 Å². The zero-order valence-corrected chi connectivity index (χ0v) is 12.9. The predicted molar refractivity (Wildman–Crippen MR) is 79.5 cm³/mol. The molecule has 0 aliphatic heterocycles. The molecule has 120 valence electrons. The minimum atomic E-state index is -3.56. The van der Waals surface area contributed by atoms with Gasteiger partial charge in [0.05, 0.1) is 24.7 Å². The van der Waals surface area contributed by atoms with Crippen molar-refractivity contribution in [2.45, 2.75) is 30.3 Å². The van der Waals surface area contributed by atoms with Crippen LogP contribution in [0.15, 0.2) is 29.2 Å². The van der Waals surface area contributed by atoms with Gasteiger partial charge in [0.25, 0.3) is 0 Å². The van der Waals surface area contributed by atoms with Crippen LogP contribution in [0.4, 0.5) is 5.69 Å². The second kappa shape index (κ2) is 7.19. The summed E-state index contributed by atoms with van der Waals surface area (Å²) in [4.78, 5) is 0.115. The van der Waals surface area contributed by atoms with Gasteiger partial charge in [0.2, 0.25) is 10.0 Å². The summed E-state index contributed by atoms with van der Waals surface area (Å²) in [5.41, 5.74) is -0.771. The molecule has 0 heterocycles. The van der Waals surface area contributed by atoms with Crippen LogP contribution in [0.5, 0.6) is 0 Å². The fourth-order valence-electron chi connectivity index (χ4n) is 1.67. The van der Waals surface area contributed by atoms with E-state index in [1.54, 1.807) is 13.8 Å². The lowest BCUT2D eigenvalue weighted by Gasteiger charge is -2.29. The Bertz CT molecular complexity index is 530. The number of aliphatic hydroxyl groups is 3. The van der Waals surface area contributed by atoms with E-state index in [1.165, 1.54) is 24.3 Å². The van der Waals surface area contributed by atoms with Gasteiger partial charge < -0.3 is 20.6 Å². The first-order valence-electron chi connectivity index (χ1n) is 6.52. The molecule has 0 amide bonds. The van der Waals surface area contributed by atoms with Crippen molar-refractivity contribution in [1.82, 2.24) is 4.72 Å². The lowest BCUT2D eigenvalue weighted by atomic mass is 10.0. The normalized spacial score (nSPS) is 12.7. The molecule has 5 N–H and O–H groups in total. The number of nitrogens with one attached hydrogen (secondary N) is 2. The van der Waals surface area contributed by atoms with Gasteiger partial charge >= 0.3 is 0 Å². The van der Waals surface area contributed by atoms with Crippen LogP contribution in [-0.2, 0) is 10.0 Å². The van der Waals surface area contributed by atoms with Gasteiger partial charge in [0, 0.05) is 11.7 Å². The predicted octanol–water partition coefficient (Wildman–Crippen LogP) is -0.499. The molecular formula is C13H22N2O5S. The molecule has 1 aromatic rings. The van der Waals surface area contributed by atoms with Crippen molar-refractivity contribution in [2.75, 3.05) is 25.1 Å². The van der Waals surface area contributed by atoms with Crippen LogP contribution in [-0.4, -0.2) is 55.1 Å². The van der Waals surface area contributed by atoms with E-state index in [9.17, 15) is 23.7 Å². The maximum Gasteiger partial charge on any atom is 0.240 e. The van der Waals surface area contributed by atoms with Gasteiger partial charge in [-0.15, -0.1) is 0 Å². The van der Waals surface area contributed by atoms with Gasteiger partial charge in [-0.2, -0.15) is 0 Å². The van der Waals surface area contributed by atoms with Crippen LogP contribution in [0.2, 0.25) is 0 Å². The highest BCUT2D eigenvalue weighted by Gasteiger charge is 2.27. The number of hydrogen-bond acceptors (Lipinski definition) is 6. The first kappa shape index (κ1) is 17.9. The number of anilines is 1. The van der Waals surface area contributed by atoms with Crippen LogP contribution >= 0.6 is 0 Å². The van der Waals surface area contributed by atoms with Crippen molar-refractivity contribution in [3.05, 3.63) is 24.3 Å². The van der Waals surface area contributed by atoms with E-state index in [0.29, 0.717) is 5.69 Å². The van der Waals surface area contributed by atoms with Crippen molar-refractivity contribution in [1.29, 1.82) is 0 Å². The van der Waals surface area contributed by atoms with Crippen molar-refractivity contribution in [3.63, 3.8) is 0 Å². The fraction of sp³-hybridized carbons (Fsp3) is 0.538. The third kappa shape index (κ3) is 4.65. The number of aliphatic hydroxyl groups excluding tert-OH is 3. The molecule has 0 aromatic heterocycles. The third-order valence-corrected chi connectivity index (χ3v) is 4.55. The molecule has 0 fully saturated rings. The average Bonchev–Trinajstić information content (AvgIpc) is 2.44. The van der Waals surface area contributed by atoms with E-state index in [0.717, 1.165) is 0 Å². The number of sulfonamides is 1. The Morgan fingerprint density at radius 1 is 1.05 bits per heavy atom. The lowest BCUT2D eigenvalue weighted by Crippen LogP contribution is -2.49. The van der Waals surface area contributed by atoms with E-state index < -0.39 is 35.4 Å². The van der Waals surface area contributed by atoms with Crippen molar-refractivity contribution in [3.8, 4) is 0 Å². The molecule has 0 unspecified atom stereocenters. The number of benzene rings is 1. The van der Waals surface area contributed by atoms with E-state index in [4.69, 9.17) is 0 Å². The molecular weight excluding hydrogens is 296 g/mol. The van der Waals surface area contributed by atoms with Gasteiger partial charge in [-0.05, 0) is 38.1 Å². The Labute approximate surface area is 124 Å². The van der Waals surface area contributed by atoms with E-state index in [2.05, 4.69) is 10.0 Å². The molecule has 21 heavy (non-hydrogen) atoms. The van der Waals surface area contributed by atoms with Crippen LogP contribution in [0.25, 0.3) is 0 Å². The van der Waals surface area contributed by atoms with Crippen LogP contribution in [0.3, 0.4) is 0 Å². The molecule has 0 aliphatic rings. The number of hydrogen-bond donors (Lipinski definition) is 5. The Morgan fingerprint density at radius 2 is 1.52 bits per heavy atom. The van der Waals surface area contributed by atoms with Gasteiger partial charge in [0.1, 0.15) is 5.54 Å². The summed E-state index contributed by atoms with van der Waals surface area (Å²) in [6.07, 6.45) is 0. The fourth-order valence-corrected chi connectivity index (χ4v) is 2.92. The van der Waals surface area contributed by atoms with Crippen LogP contribution in [0.1, 0.15) is 13.8 Å². The van der Waals surface area contributed by atoms with Crippen molar-refractivity contribution in [2.24, 2.45) is 0 Å². The van der Waals surface area contributed by atoms with Crippen LogP contribution < -0.4 is 10.0 Å². The van der Waals surface area contributed by atoms with Crippen molar-refractivity contribution >= 4 is 15.7 Å². The summed E-state index contributed by atoms with van der Waals surface area (Å²) >= 11 is 0. The van der Waals surface area contributed by atoms with Crippen molar-refractivity contribution < 1.29 is 23.7 Å². The molecule has 0 aliphatic carbocycles. The number of rotatable bonds is 8. The standard InChI is InChI=1S/C13H22N2O5S/c1-10(2)15-21(19,20)12-5-3-11(4-6-12)14-13(7-16,8-17)9-18/h3-6,10,14-18H,7-9H2,1-2H3. The zero-order valence-electron chi connectivity index (χ0n) is 12.1. The second-order valence-electron chi connectivity index (χ2n) is 5.18. The summed E-state index contributed by atoms with van der Waals surface area (Å²) in [6, 6.07) is 5.61. The first-order valence-corrected chi connectivity index (χ1v) is 8.00. The molecule has 7 nitrogen and oxygen atoms in total. The molecule has 1 rings (SSSR count). The monoisotopic (exact) mass is 318 g/mol. The SMILES string of the molecule is CC(C)NS(=O)(=O)c1ccc(NC(CO)(CO)CO)cc1. The topological polar surface area (TPSA) is 119 Å². The Morgan fingerprint density at radius 3 is 1.90 bits per heavy atom. The van der Waals surface area contributed by atoms with Gasteiger partial charge in [-0.1, -0.05) is 0 Å². The van der Waals surface area contributed by atoms with Crippen LogP contribution in [0, 0.1) is 0 Å². The summed E-state index contributed by atoms with van der Waals surface area (Å²) in [7, 11) is -3.56. The average molecular weight is 318 g/mol. The highest BCUT2D eigenvalue weighted by Crippen LogP contribution is 2.18. The Balaban J connectivity index is 2.93. The summed E-state index contributed by atoms with van der Waals surface area (Å²) < 4.78 is 26.4. The maximum absolute atomic E-state index is 12.0. The highest BCUT2D eigenvalue weighted by molar-refractivity contribution is 7.89. The summed E-state index contributed by atoms with van der Waals surface area (Å²) in [5, 5.41) is 30.5. The van der Waals surface area contributed by atoms with Gasteiger partial charge in [-0.3, -0.25) is 0 Å². The highest BCUT2D eigenvalue weighted by atomic mass is 32.2. The second-order valence-corrected chi connectivity index (χ2v) is 6.89. The first-order chi connectivity index (χ1) is 9.78. The van der Waals surface area contributed by atoms with Gasteiger partial charge in [-0.25, -0.2) is 13.1 Å². The Hall–Kier alpha value is -1.19.